The van der Waals surface area contributed by atoms with E-state index in [1.54, 1.807) is 24.5 Å². The van der Waals surface area contributed by atoms with E-state index in [0.717, 1.165) is 35.5 Å². The number of ether oxygens (including phenoxy) is 3. The van der Waals surface area contributed by atoms with Crippen molar-refractivity contribution in [2.45, 2.75) is 25.4 Å². The molecule has 1 aliphatic rings. The number of benzene rings is 2. The number of carbonyl (C=O) groups excluding carboxylic acids is 2. The second-order valence-electron chi connectivity index (χ2n) is 7.44. The van der Waals surface area contributed by atoms with Crippen LogP contribution in [-0.4, -0.2) is 48.6 Å². The molecule has 8 heteroatoms. The number of methoxy groups -OCH3 is 2. The molecule has 166 valence electrons. The van der Waals surface area contributed by atoms with Crippen LogP contribution in [0.5, 0.6) is 11.5 Å². The maximum atomic E-state index is 12.8. The summed E-state index contributed by atoms with van der Waals surface area (Å²) >= 11 is 1.35. The lowest BCUT2D eigenvalue weighted by Crippen LogP contribution is -2.36. The summed E-state index contributed by atoms with van der Waals surface area (Å²) in [6.07, 6.45) is 1.93. The largest absolute Gasteiger partial charge is 0.497 e. The first-order valence-corrected chi connectivity index (χ1v) is 11.1. The minimum absolute atomic E-state index is 0.196. The number of esters is 1. The Labute approximate surface area is 190 Å². The van der Waals surface area contributed by atoms with Gasteiger partial charge < -0.3 is 19.1 Å². The van der Waals surface area contributed by atoms with Gasteiger partial charge in [-0.05, 0) is 54.8 Å². The number of aromatic nitrogens is 1. The van der Waals surface area contributed by atoms with Crippen LogP contribution in [0, 0.1) is 0 Å². The maximum Gasteiger partial charge on any atom is 0.358 e. The Morgan fingerprint density at radius 3 is 2.22 bits per heavy atom. The minimum atomic E-state index is -0.602. The normalized spacial score (nSPS) is 12.8. The van der Waals surface area contributed by atoms with Crippen molar-refractivity contribution in [2.75, 3.05) is 20.8 Å². The zero-order valence-corrected chi connectivity index (χ0v) is 18.8. The van der Waals surface area contributed by atoms with Gasteiger partial charge in [0.25, 0.3) is 5.91 Å². The van der Waals surface area contributed by atoms with Crippen LogP contribution in [-0.2, 0) is 16.1 Å². The van der Waals surface area contributed by atoms with Gasteiger partial charge in [0.15, 0.2) is 12.3 Å². The highest BCUT2D eigenvalue weighted by atomic mass is 32.1. The third-order valence-corrected chi connectivity index (χ3v) is 6.09. The highest BCUT2D eigenvalue weighted by molar-refractivity contribution is 7.13. The third kappa shape index (κ3) is 5.26. The van der Waals surface area contributed by atoms with Crippen molar-refractivity contribution in [2.24, 2.45) is 0 Å². The monoisotopic (exact) mass is 452 g/mol. The Kier molecular flexibility index (Phi) is 6.70. The summed E-state index contributed by atoms with van der Waals surface area (Å²) in [5.41, 5.74) is 2.08. The predicted octanol–water partition coefficient (Wildman–Crippen LogP) is 4.18. The van der Waals surface area contributed by atoms with E-state index in [1.165, 1.54) is 11.3 Å². The van der Waals surface area contributed by atoms with Crippen LogP contribution in [0.4, 0.5) is 0 Å². The van der Waals surface area contributed by atoms with Crippen LogP contribution < -0.4 is 9.47 Å². The van der Waals surface area contributed by atoms with Gasteiger partial charge in [-0.15, -0.1) is 11.3 Å². The Balaban J connectivity index is 1.35. The highest BCUT2D eigenvalue weighted by Gasteiger charge is 2.33. The van der Waals surface area contributed by atoms with Crippen molar-refractivity contribution < 1.29 is 23.8 Å². The fourth-order valence-electron chi connectivity index (χ4n) is 3.25. The van der Waals surface area contributed by atoms with Crippen LogP contribution in [0.2, 0.25) is 0 Å². The molecule has 4 rings (SSSR count). The molecule has 1 heterocycles. The lowest BCUT2D eigenvalue weighted by molar-refractivity contribution is -0.135. The first-order valence-electron chi connectivity index (χ1n) is 10.3. The molecule has 0 N–H and O–H groups in total. The van der Waals surface area contributed by atoms with Crippen molar-refractivity contribution in [3.63, 3.8) is 0 Å². The number of amides is 1. The molecule has 1 aromatic heterocycles. The molecule has 0 saturated heterocycles. The zero-order valence-electron chi connectivity index (χ0n) is 17.9. The molecule has 0 spiro atoms. The summed E-state index contributed by atoms with van der Waals surface area (Å²) in [7, 11) is 3.22. The van der Waals surface area contributed by atoms with Gasteiger partial charge in [0, 0.05) is 23.5 Å². The minimum Gasteiger partial charge on any atom is -0.497 e. The Bertz CT molecular complexity index is 1070. The van der Waals surface area contributed by atoms with Gasteiger partial charge in [0.1, 0.15) is 16.5 Å². The predicted molar refractivity (Wildman–Crippen MR) is 121 cm³/mol. The van der Waals surface area contributed by atoms with Gasteiger partial charge in [-0.3, -0.25) is 4.79 Å². The average molecular weight is 453 g/mol. The van der Waals surface area contributed by atoms with E-state index in [9.17, 15) is 9.59 Å². The lowest BCUT2D eigenvalue weighted by Gasteiger charge is -2.22. The molecule has 0 bridgehead atoms. The van der Waals surface area contributed by atoms with Crippen molar-refractivity contribution >= 4 is 23.2 Å². The van der Waals surface area contributed by atoms with Crippen LogP contribution in [0.3, 0.4) is 0 Å². The van der Waals surface area contributed by atoms with Crippen LogP contribution in [0.15, 0.2) is 53.9 Å². The van der Waals surface area contributed by atoms with Gasteiger partial charge >= 0.3 is 5.97 Å². The fraction of sp³-hybridized carbons (Fsp3) is 0.292. The molecule has 1 aliphatic carbocycles. The first-order chi connectivity index (χ1) is 15.6. The topological polar surface area (TPSA) is 78.0 Å². The van der Waals surface area contributed by atoms with Gasteiger partial charge in [-0.1, -0.05) is 12.1 Å². The maximum absolute atomic E-state index is 12.8. The second kappa shape index (κ2) is 9.82. The smallest absolute Gasteiger partial charge is 0.358 e. The van der Waals surface area contributed by atoms with E-state index < -0.39 is 5.97 Å². The number of nitrogens with zero attached hydrogens (tertiary/aromatic N) is 2. The van der Waals surface area contributed by atoms with E-state index in [4.69, 9.17) is 14.2 Å². The van der Waals surface area contributed by atoms with Crippen molar-refractivity contribution in [3.05, 3.63) is 65.2 Å². The van der Waals surface area contributed by atoms with Crippen molar-refractivity contribution in [1.29, 1.82) is 0 Å². The second-order valence-corrected chi connectivity index (χ2v) is 8.30. The summed E-state index contributed by atoms with van der Waals surface area (Å²) in [5, 5.41) is 2.34. The average Bonchev–Trinajstić information content (AvgIpc) is 3.56. The summed E-state index contributed by atoms with van der Waals surface area (Å²) < 4.78 is 15.6. The number of carbonyl (C=O) groups is 2. The molecular weight excluding hydrogens is 428 g/mol. The van der Waals surface area contributed by atoms with E-state index >= 15 is 0 Å². The van der Waals surface area contributed by atoms with Gasteiger partial charge in [-0.25, -0.2) is 9.78 Å². The van der Waals surface area contributed by atoms with E-state index in [-0.39, 0.29) is 24.2 Å². The highest BCUT2D eigenvalue weighted by Crippen LogP contribution is 2.29. The molecule has 0 radical (unpaired) electrons. The van der Waals surface area contributed by atoms with E-state index in [0.29, 0.717) is 11.6 Å². The number of hydrogen-bond acceptors (Lipinski definition) is 7. The molecule has 2 aromatic carbocycles. The lowest BCUT2D eigenvalue weighted by atomic mass is 10.2. The molecule has 32 heavy (non-hydrogen) atoms. The van der Waals surface area contributed by atoms with E-state index in [2.05, 4.69) is 4.98 Å². The van der Waals surface area contributed by atoms with Gasteiger partial charge in [-0.2, -0.15) is 0 Å². The van der Waals surface area contributed by atoms with Gasteiger partial charge in [0.2, 0.25) is 0 Å². The summed E-state index contributed by atoms with van der Waals surface area (Å²) in [4.78, 5) is 31.4. The molecule has 0 aliphatic heterocycles. The van der Waals surface area contributed by atoms with Gasteiger partial charge in [0.05, 0.1) is 14.2 Å². The molecule has 1 amide bonds. The third-order valence-electron chi connectivity index (χ3n) is 5.20. The quantitative estimate of drug-likeness (QED) is 0.454. The molecule has 0 unspecified atom stereocenters. The standard InChI is InChI=1S/C24H24N2O5S/c1-29-19-9-3-16(4-10-19)13-26(18-7-8-18)22(27)14-31-24(28)21-15-32-23(25-21)17-5-11-20(30-2)12-6-17/h3-6,9-12,15,18H,7-8,13-14H2,1-2H3. The Hall–Kier alpha value is -3.39. The van der Waals surface area contributed by atoms with Crippen LogP contribution >= 0.6 is 11.3 Å². The molecule has 7 nitrogen and oxygen atoms in total. The molecular formula is C24H24N2O5S. The summed E-state index contributed by atoms with van der Waals surface area (Å²) in [6.45, 7) is 0.171. The SMILES string of the molecule is COc1ccc(CN(C(=O)COC(=O)c2csc(-c3ccc(OC)cc3)n2)C2CC2)cc1. The number of hydrogen-bond donors (Lipinski definition) is 0. The summed E-state index contributed by atoms with van der Waals surface area (Å²) in [6, 6.07) is 15.2. The number of thiazole rings is 1. The Morgan fingerprint density at radius 1 is 1.00 bits per heavy atom. The van der Waals surface area contributed by atoms with E-state index in [1.807, 2.05) is 48.5 Å². The fourth-order valence-corrected chi connectivity index (χ4v) is 4.05. The molecule has 1 fully saturated rings. The zero-order chi connectivity index (χ0) is 22.5. The van der Waals surface area contributed by atoms with Crippen LogP contribution in [0.1, 0.15) is 28.9 Å². The first kappa shape index (κ1) is 21.8. The van der Waals surface area contributed by atoms with Crippen molar-refractivity contribution in [3.8, 4) is 22.1 Å². The van der Waals surface area contributed by atoms with Crippen molar-refractivity contribution in [1.82, 2.24) is 9.88 Å². The molecule has 0 atom stereocenters. The summed E-state index contributed by atoms with van der Waals surface area (Å²) in [5.74, 6) is 0.708. The number of rotatable bonds is 9. The molecule has 1 saturated carbocycles. The Morgan fingerprint density at radius 2 is 1.62 bits per heavy atom. The molecule has 3 aromatic rings. The van der Waals surface area contributed by atoms with Crippen LogP contribution in [0.25, 0.3) is 10.6 Å².